The van der Waals surface area contributed by atoms with Crippen LogP contribution in [0.1, 0.15) is 44.0 Å². The highest BCUT2D eigenvalue weighted by atomic mass is 16.5. The molecule has 100 valence electrons. The maximum atomic E-state index is 5.93. The number of nitrogen functional groups attached to an aromatic ring is 1. The highest BCUT2D eigenvalue weighted by Gasteiger charge is 2.27. The average molecular weight is 250 g/mol. The van der Waals surface area contributed by atoms with Gasteiger partial charge in [-0.3, -0.25) is 0 Å². The van der Waals surface area contributed by atoms with E-state index < -0.39 is 0 Å². The number of nitrogens with one attached hydrogen (secondary N) is 1. The highest BCUT2D eigenvalue weighted by Crippen LogP contribution is 2.39. The van der Waals surface area contributed by atoms with Crippen molar-refractivity contribution in [3.8, 4) is 0 Å². The average Bonchev–Trinajstić information content (AvgIpc) is 3.15. The van der Waals surface area contributed by atoms with E-state index in [4.69, 9.17) is 10.5 Å². The fraction of sp³-hybridized carbons (Fsp3) is 0.692. The van der Waals surface area contributed by atoms with Crippen molar-refractivity contribution in [3.05, 3.63) is 11.4 Å². The second-order valence-electron chi connectivity index (χ2n) is 4.86. The van der Waals surface area contributed by atoms with Crippen molar-refractivity contribution in [1.29, 1.82) is 0 Å². The maximum Gasteiger partial charge on any atom is 0.136 e. The van der Waals surface area contributed by atoms with Crippen molar-refractivity contribution in [1.82, 2.24) is 9.97 Å². The fourth-order valence-electron chi connectivity index (χ4n) is 1.83. The predicted molar refractivity (Wildman–Crippen MR) is 72.7 cm³/mol. The van der Waals surface area contributed by atoms with Gasteiger partial charge in [-0.1, -0.05) is 0 Å². The first kappa shape index (κ1) is 13.1. The smallest absolute Gasteiger partial charge is 0.136 e. The molecule has 0 saturated heterocycles. The molecule has 5 nitrogen and oxygen atoms in total. The molecule has 0 radical (unpaired) electrons. The van der Waals surface area contributed by atoms with E-state index in [1.807, 2.05) is 20.8 Å². The largest absolute Gasteiger partial charge is 0.383 e. The van der Waals surface area contributed by atoms with Crippen LogP contribution in [0.4, 0.5) is 11.6 Å². The number of aromatic nitrogens is 2. The first-order valence-corrected chi connectivity index (χ1v) is 6.61. The van der Waals surface area contributed by atoms with Gasteiger partial charge in [0.1, 0.15) is 17.5 Å². The van der Waals surface area contributed by atoms with Crippen molar-refractivity contribution in [3.63, 3.8) is 0 Å². The third kappa shape index (κ3) is 3.10. The Bertz CT molecular complexity index is 418. The molecule has 1 heterocycles. The van der Waals surface area contributed by atoms with Crippen LogP contribution in [0.2, 0.25) is 0 Å². The summed E-state index contributed by atoms with van der Waals surface area (Å²) in [4.78, 5) is 8.92. The molecule has 5 heteroatoms. The van der Waals surface area contributed by atoms with Crippen LogP contribution in [0.25, 0.3) is 0 Å². The summed E-state index contributed by atoms with van der Waals surface area (Å²) in [6, 6.07) is 0. The number of hydrogen-bond donors (Lipinski definition) is 2. The van der Waals surface area contributed by atoms with E-state index in [2.05, 4.69) is 15.3 Å². The molecule has 0 aliphatic heterocycles. The van der Waals surface area contributed by atoms with E-state index in [0.717, 1.165) is 30.4 Å². The Hall–Kier alpha value is -1.36. The van der Waals surface area contributed by atoms with Gasteiger partial charge in [0.2, 0.25) is 0 Å². The van der Waals surface area contributed by atoms with Crippen LogP contribution in [-0.2, 0) is 4.74 Å². The number of rotatable bonds is 6. The minimum atomic E-state index is 0.162. The second-order valence-corrected chi connectivity index (χ2v) is 4.86. The van der Waals surface area contributed by atoms with Gasteiger partial charge in [0.15, 0.2) is 0 Å². The maximum absolute atomic E-state index is 5.93. The van der Waals surface area contributed by atoms with E-state index in [-0.39, 0.29) is 6.10 Å². The summed E-state index contributed by atoms with van der Waals surface area (Å²) < 4.78 is 5.49. The summed E-state index contributed by atoms with van der Waals surface area (Å²) >= 11 is 0. The molecular weight excluding hydrogens is 228 g/mol. The highest BCUT2D eigenvalue weighted by molar-refractivity contribution is 5.55. The Labute approximate surface area is 108 Å². The van der Waals surface area contributed by atoms with Gasteiger partial charge in [-0.25, -0.2) is 9.97 Å². The predicted octanol–water partition coefficient (Wildman–Crippen LogP) is 2.08. The summed E-state index contributed by atoms with van der Waals surface area (Å²) in [5, 5.41) is 3.31. The quantitative estimate of drug-likeness (QED) is 0.808. The zero-order valence-corrected chi connectivity index (χ0v) is 11.4. The molecule has 1 saturated carbocycles. The van der Waals surface area contributed by atoms with Crippen LogP contribution in [0, 0.1) is 6.92 Å². The zero-order chi connectivity index (χ0) is 13.1. The van der Waals surface area contributed by atoms with Gasteiger partial charge < -0.3 is 15.8 Å². The Morgan fingerprint density at radius 1 is 1.44 bits per heavy atom. The van der Waals surface area contributed by atoms with Gasteiger partial charge in [0.05, 0.1) is 6.10 Å². The van der Waals surface area contributed by atoms with E-state index in [0.29, 0.717) is 11.7 Å². The van der Waals surface area contributed by atoms with E-state index in [1.54, 1.807) is 0 Å². The second kappa shape index (κ2) is 5.52. The SMILES string of the molecule is CCOC(C)CNc1nc(C2CC2)nc(N)c1C. The van der Waals surface area contributed by atoms with Crippen LogP contribution in [0.3, 0.4) is 0 Å². The third-order valence-electron chi connectivity index (χ3n) is 3.15. The van der Waals surface area contributed by atoms with Crippen LogP contribution in [0.5, 0.6) is 0 Å². The fourth-order valence-corrected chi connectivity index (χ4v) is 1.83. The van der Waals surface area contributed by atoms with Gasteiger partial charge in [-0.2, -0.15) is 0 Å². The molecule has 0 aromatic carbocycles. The molecular formula is C13H22N4O. The molecule has 0 bridgehead atoms. The van der Waals surface area contributed by atoms with Gasteiger partial charge in [-0.15, -0.1) is 0 Å². The normalized spacial score (nSPS) is 16.6. The molecule has 3 N–H and O–H groups in total. The minimum absolute atomic E-state index is 0.162. The molecule has 1 aliphatic rings. The standard InChI is InChI=1S/C13H22N4O/c1-4-18-8(2)7-15-12-9(3)11(14)16-13(17-12)10-5-6-10/h8,10H,4-7H2,1-3H3,(H3,14,15,16,17). The first-order valence-electron chi connectivity index (χ1n) is 6.61. The summed E-state index contributed by atoms with van der Waals surface area (Å²) in [5.41, 5.74) is 6.85. The van der Waals surface area contributed by atoms with Gasteiger partial charge in [0.25, 0.3) is 0 Å². The molecule has 1 aromatic heterocycles. The van der Waals surface area contributed by atoms with Crippen molar-refractivity contribution < 1.29 is 4.74 Å². The Morgan fingerprint density at radius 2 is 2.17 bits per heavy atom. The van der Waals surface area contributed by atoms with Gasteiger partial charge in [-0.05, 0) is 33.6 Å². The van der Waals surface area contributed by atoms with Crippen molar-refractivity contribution in [2.45, 2.75) is 45.6 Å². The van der Waals surface area contributed by atoms with E-state index >= 15 is 0 Å². The van der Waals surface area contributed by atoms with Crippen LogP contribution < -0.4 is 11.1 Å². The lowest BCUT2D eigenvalue weighted by molar-refractivity contribution is 0.0854. The molecule has 2 rings (SSSR count). The van der Waals surface area contributed by atoms with Crippen molar-refractivity contribution in [2.24, 2.45) is 0 Å². The number of ether oxygens (including phenoxy) is 1. The molecule has 1 atom stereocenters. The first-order chi connectivity index (χ1) is 8.61. The van der Waals surface area contributed by atoms with Crippen molar-refractivity contribution in [2.75, 3.05) is 24.2 Å². The van der Waals surface area contributed by atoms with E-state index in [9.17, 15) is 0 Å². The molecule has 1 aliphatic carbocycles. The Kier molecular flexibility index (Phi) is 4.01. The zero-order valence-electron chi connectivity index (χ0n) is 11.4. The van der Waals surface area contributed by atoms with Gasteiger partial charge in [0, 0.05) is 24.6 Å². The molecule has 1 fully saturated rings. The number of nitrogens with two attached hydrogens (primary N) is 1. The van der Waals surface area contributed by atoms with Crippen LogP contribution in [0.15, 0.2) is 0 Å². The number of hydrogen-bond acceptors (Lipinski definition) is 5. The van der Waals surface area contributed by atoms with Crippen LogP contribution in [-0.4, -0.2) is 29.2 Å². The van der Waals surface area contributed by atoms with Gasteiger partial charge >= 0.3 is 0 Å². The molecule has 1 aromatic rings. The topological polar surface area (TPSA) is 73.1 Å². The minimum Gasteiger partial charge on any atom is -0.383 e. The van der Waals surface area contributed by atoms with Crippen LogP contribution >= 0.6 is 0 Å². The summed E-state index contributed by atoms with van der Waals surface area (Å²) in [5.74, 6) is 2.82. The molecule has 0 amide bonds. The molecule has 18 heavy (non-hydrogen) atoms. The molecule has 0 spiro atoms. The number of anilines is 2. The Morgan fingerprint density at radius 3 is 2.78 bits per heavy atom. The third-order valence-corrected chi connectivity index (χ3v) is 3.15. The Balaban J connectivity index is 2.06. The summed E-state index contributed by atoms with van der Waals surface area (Å²) in [7, 11) is 0. The lowest BCUT2D eigenvalue weighted by Crippen LogP contribution is -2.21. The lowest BCUT2D eigenvalue weighted by Gasteiger charge is -2.15. The summed E-state index contributed by atoms with van der Waals surface area (Å²) in [6.07, 6.45) is 2.52. The van der Waals surface area contributed by atoms with Crippen molar-refractivity contribution >= 4 is 11.6 Å². The lowest BCUT2D eigenvalue weighted by atomic mass is 10.2. The van der Waals surface area contributed by atoms with E-state index in [1.165, 1.54) is 12.8 Å². The monoisotopic (exact) mass is 250 g/mol. The summed E-state index contributed by atoms with van der Waals surface area (Å²) in [6.45, 7) is 7.43. The molecule has 1 unspecified atom stereocenters. The number of nitrogens with zero attached hydrogens (tertiary/aromatic N) is 2.